The molecule has 1 atom stereocenters. The highest BCUT2D eigenvalue weighted by Crippen LogP contribution is 2.29. The monoisotopic (exact) mass is 332 g/mol. The number of terminal acetylenes is 1. The Hall–Kier alpha value is -2.10. The minimum absolute atomic E-state index is 0.195. The summed E-state index contributed by atoms with van der Waals surface area (Å²) >= 11 is 0. The molecule has 0 aromatic heterocycles. The van der Waals surface area contributed by atoms with Crippen molar-refractivity contribution in [3.8, 4) is 12.3 Å². The molecule has 0 bridgehead atoms. The zero-order valence-electron chi connectivity index (χ0n) is 12.0. The van der Waals surface area contributed by atoms with E-state index in [0.29, 0.717) is 12.8 Å². The molecule has 1 aromatic carbocycles. The summed E-state index contributed by atoms with van der Waals surface area (Å²) in [5, 5.41) is 0. The van der Waals surface area contributed by atoms with Gasteiger partial charge >= 0.3 is 5.97 Å². The molecule has 2 rings (SSSR count). The standard InChI is InChI=1S/C16H13F5O2/c1-2-9(8-6-4-3-5-7-8)23-16(22)10-11(17)13(19)15(21)14(20)12(10)18/h1,8-9H,3-7H2. The lowest BCUT2D eigenvalue weighted by molar-refractivity contribution is 0.0239. The average Bonchev–Trinajstić information content (AvgIpc) is 2.57. The molecule has 0 amide bonds. The van der Waals surface area contributed by atoms with Crippen molar-refractivity contribution in [2.24, 2.45) is 5.92 Å². The van der Waals surface area contributed by atoms with Gasteiger partial charge in [0.25, 0.3) is 0 Å². The van der Waals surface area contributed by atoms with E-state index in [9.17, 15) is 26.7 Å². The number of carbonyl (C=O) groups is 1. The van der Waals surface area contributed by atoms with Crippen LogP contribution in [0.15, 0.2) is 0 Å². The van der Waals surface area contributed by atoms with Crippen LogP contribution in [0.1, 0.15) is 42.5 Å². The Morgan fingerprint density at radius 3 is 1.91 bits per heavy atom. The van der Waals surface area contributed by atoms with Crippen LogP contribution in [0.3, 0.4) is 0 Å². The van der Waals surface area contributed by atoms with Gasteiger partial charge in [0.15, 0.2) is 29.4 Å². The summed E-state index contributed by atoms with van der Waals surface area (Å²) in [7, 11) is 0. The third kappa shape index (κ3) is 3.31. The lowest BCUT2D eigenvalue weighted by Gasteiger charge is -2.26. The molecular formula is C16H13F5O2. The summed E-state index contributed by atoms with van der Waals surface area (Å²) in [6.45, 7) is 0. The predicted molar refractivity (Wildman–Crippen MR) is 70.8 cm³/mol. The first kappa shape index (κ1) is 17.3. The van der Waals surface area contributed by atoms with Crippen LogP contribution in [-0.2, 0) is 4.74 Å². The maximum absolute atomic E-state index is 13.6. The number of benzene rings is 1. The number of rotatable bonds is 3. The van der Waals surface area contributed by atoms with Gasteiger partial charge < -0.3 is 4.74 Å². The molecule has 0 N–H and O–H groups in total. The third-order valence-corrected chi connectivity index (χ3v) is 3.89. The van der Waals surface area contributed by atoms with Gasteiger partial charge in [0.05, 0.1) is 0 Å². The van der Waals surface area contributed by atoms with Crippen molar-refractivity contribution >= 4 is 5.97 Å². The second-order valence-corrected chi connectivity index (χ2v) is 5.34. The second kappa shape index (κ2) is 6.99. The van der Waals surface area contributed by atoms with Crippen molar-refractivity contribution in [1.82, 2.24) is 0 Å². The zero-order chi connectivity index (χ0) is 17.1. The minimum atomic E-state index is -2.34. The molecule has 2 nitrogen and oxygen atoms in total. The van der Waals surface area contributed by atoms with Crippen LogP contribution in [-0.4, -0.2) is 12.1 Å². The third-order valence-electron chi connectivity index (χ3n) is 3.89. The molecule has 0 spiro atoms. The van der Waals surface area contributed by atoms with E-state index in [1.54, 1.807) is 0 Å². The van der Waals surface area contributed by atoms with Crippen molar-refractivity contribution in [3.05, 3.63) is 34.6 Å². The van der Waals surface area contributed by atoms with Gasteiger partial charge in [-0.15, -0.1) is 6.42 Å². The van der Waals surface area contributed by atoms with Crippen molar-refractivity contribution in [3.63, 3.8) is 0 Å². The van der Waals surface area contributed by atoms with Crippen molar-refractivity contribution < 1.29 is 31.5 Å². The van der Waals surface area contributed by atoms with Crippen molar-refractivity contribution in [2.75, 3.05) is 0 Å². The predicted octanol–water partition coefficient (Wildman–Crippen LogP) is 4.12. The summed E-state index contributed by atoms with van der Waals surface area (Å²) in [5.74, 6) is -10.9. The minimum Gasteiger partial charge on any atom is -0.445 e. The number of esters is 1. The van der Waals surface area contributed by atoms with E-state index in [0.717, 1.165) is 19.3 Å². The molecule has 1 aromatic rings. The average molecular weight is 332 g/mol. The van der Waals surface area contributed by atoms with E-state index in [-0.39, 0.29) is 5.92 Å². The summed E-state index contributed by atoms with van der Waals surface area (Å²) in [6, 6.07) is 0. The normalized spacial score (nSPS) is 16.7. The molecule has 1 aliphatic carbocycles. The fraction of sp³-hybridized carbons (Fsp3) is 0.438. The van der Waals surface area contributed by atoms with Crippen LogP contribution >= 0.6 is 0 Å². The number of hydrogen-bond donors (Lipinski definition) is 0. The van der Waals surface area contributed by atoms with Gasteiger partial charge in [-0.25, -0.2) is 26.7 Å². The van der Waals surface area contributed by atoms with E-state index >= 15 is 0 Å². The highest BCUT2D eigenvalue weighted by Gasteiger charge is 2.33. The van der Waals surface area contributed by atoms with E-state index in [4.69, 9.17) is 11.2 Å². The Morgan fingerprint density at radius 2 is 1.43 bits per heavy atom. The van der Waals surface area contributed by atoms with Gasteiger partial charge in [-0.05, 0) is 12.8 Å². The quantitative estimate of drug-likeness (QED) is 0.274. The summed E-state index contributed by atoms with van der Waals surface area (Å²) < 4.78 is 71.2. The Balaban J connectivity index is 2.28. The first-order chi connectivity index (χ1) is 10.9. The SMILES string of the molecule is C#CC(OC(=O)c1c(F)c(F)c(F)c(F)c1F)C1CCCCC1. The van der Waals surface area contributed by atoms with Crippen LogP contribution in [0, 0.1) is 47.3 Å². The van der Waals surface area contributed by atoms with Gasteiger partial charge in [0, 0.05) is 5.92 Å². The van der Waals surface area contributed by atoms with E-state index in [1.807, 2.05) is 0 Å². The highest BCUT2D eigenvalue weighted by molar-refractivity contribution is 5.90. The summed E-state index contributed by atoms with van der Waals surface area (Å²) in [6.07, 6.45) is 8.25. The molecule has 1 saturated carbocycles. The lowest BCUT2D eigenvalue weighted by Crippen LogP contribution is -2.28. The fourth-order valence-corrected chi connectivity index (χ4v) is 2.66. The van der Waals surface area contributed by atoms with E-state index < -0.39 is 46.7 Å². The van der Waals surface area contributed by atoms with Gasteiger partial charge in [-0.3, -0.25) is 0 Å². The van der Waals surface area contributed by atoms with Crippen molar-refractivity contribution in [1.29, 1.82) is 0 Å². The largest absolute Gasteiger partial charge is 0.445 e. The molecule has 0 radical (unpaired) electrons. The molecule has 0 saturated heterocycles. The van der Waals surface area contributed by atoms with Gasteiger partial charge in [-0.2, -0.15) is 0 Å². The number of halogens is 5. The Bertz CT molecular complexity index is 630. The molecular weight excluding hydrogens is 319 g/mol. The molecule has 124 valence electrons. The summed E-state index contributed by atoms with van der Waals surface area (Å²) in [4.78, 5) is 11.9. The second-order valence-electron chi connectivity index (χ2n) is 5.34. The van der Waals surface area contributed by atoms with Gasteiger partial charge in [-0.1, -0.05) is 25.2 Å². The van der Waals surface area contributed by atoms with Gasteiger partial charge in [0.2, 0.25) is 5.82 Å². The first-order valence-corrected chi connectivity index (χ1v) is 7.07. The topological polar surface area (TPSA) is 26.3 Å². The maximum atomic E-state index is 13.6. The number of carbonyl (C=O) groups excluding carboxylic acids is 1. The van der Waals surface area contributed by atoms with Crippen LogP contribution < -0.4 is 0 Å². The number of hydrogen-bond acceptors (Lipinski definition) is 2. The summed E-state index contributed by atoms with van der Waals surface area (Å²) in [5.41, 5.74) is -1.63. The molecule has 0 aliphatic heterocycles. The first-order valence-electron chi connectivity index (χ1n) is 7.07. The van der Waals surface area contributed by atoms with E-state index in [1.165, 1.54) is 0 Å². The lowest BCUT2D eigenvalue weighted by atomic mass is 9.85. The Morgan fingerprint density at radius 1 is 0.957 bits per heavy atom. The zero-order valence-corrected chi connectivity index (χ0v) is 12.0. The number of ether oxygens (including phenoxy) is 1. The maximum Gasteiger partial charge on any atom is 0.345 e. The van der Waals surface area contributed by atoms with Crippen LogP contribution in [0.25, 0.3) is 0 Å². The molecule has 7 heteroatoms. The van der Waals surface area contributed by atoms with E-state index in [2.05, 4.69) is 5.92 Å². The molecule has 23 heavy (non-hydrogen) atoms. The van der Waals surface area contributed by atoms with Gasteiger partial charge in [0.1, 0.15) is 5.56 Å². The molecule has 1 aliphatic rings. The van der Waals surface area contributed by atoms with Crippen molar-refractivity contribution in [2.45, 2.75) is 38.2 Å². The molecule has 0 heterocycles. The highest BCUT2D eigenvalue weighted by atomic mass is 19.2. The molecule has 1 fully saturated rings. The Labute approximate surface area is 129 Å². The van der Waals surface area contributed by atoms with Crippen LogP contribution in [0.5, 0.6) is 0 Å². The Kier molecular flexibility index (Phi) is 5.24. The smallest absolute Gasteiger partial charge is 0.345 e. The fourth-order valence-electron chi connectivity index (χ4n) is 2.66. The molecule has 1 unspecified atom stereocenters. The van der Waals surface area contributed by atoms with Crippen LogP contribution in [0.4, 0.5) is 22.0 Å². The van der Waals surface area contributed by atoms with Crippen LogP contribution in [0.2, 0.25) is 0 Å².